The molecule has 1 heterocycles. The molecule has 0 amide bonds. The number of aromatic nitrogens is 2. The molecule has 1 aromatic rings. The van der Waals surface area contributed by atoms with E-state index in [0.29, 0.717) is 5.82 Å². The zero-order valence-corrected chi connectivity index (χ0v) is 11.0. The smallest absolute Gasteiger partial charge is 0.314 e. The molecule has 0 radical (unpaired) electrons. The molecule has 0 aromatic carbocycles. The molecule has 0 atom stereocenters. The van der Waals surface area contributed by atoms with E-state index in [4.69, 9.17) is 14.4 Å². The molecule has 0 aliphatic heterocycles. The number of ether oxygens (including phenoxy) is 1. The maximum Gasteiger partial charge on any atom is 0.314 e. The predicted molar refractivity (Wildman–Crippen MR) is 64.4 cm³/mol. The van der Waals surface area contributed by atoms with Crippen LogP contribution in [0.5, 0.6) is 0 Å². The average Bonchev–Trinajstić information content (AvgIpc) is 2.86. The minimum atomic E-state index is -0.904. The van der Waals surface area contributed by atoms with E-state index in [9.17, 15) is 4.79 Å². The molecule has 1 N–H and O–H groups in total. The molecule has 0 spiro atoms. The lowest BCUT2D eigenvalue weighted by atomic mass is 9.84. The van der Waals surface area contributed by atoms with Gasteiger partial charge in [-0.2, -0.15) is 4.98 Å². The van der Waals surface area contributed by atoms with Crippen LogP contribution < -0.4 is 0 Å². The fraction of sp³-hybridized carbons (Fsp3) is 0.727. The quantitative estimate of drug-likeness (QED) is 0.821. The van der Waals surface area contributed by atoms with Gasteiger partial charge in [0.2, 0.25) is 5.82 Å². The third kappa shape index (κ3) is 2.84. The maximum atomic E-state index is 10.5. The molecule has 6 nitrogen and oxygen atoms in total. The van der Waals surface area contributed by atoms with Crippen LogP contribution in [0.1, 0.15) is 37.9 Å². The molecule has 0 unspecified atom stereocenters. The molecular formula is C11H16N2O4S. The van der Waals surface area contributed by atoms with Gasteiger partial charge in [-0.1, -0.05) is 36.2 Å². The molecule has 0 bridgehead atoms. The minimum absolute atomic E-state index is 0.0817. The van der Waals surface area contributed by atoms with Crippen LogP contribution in [0, 0.1) is 0 Å². The molecule has 0 saturated heterocycles. The first-order valence-corrected chi connectivity index (χ1v) is 6.89. The summed E-state index contributed by atoms with van der Waals surface area (Å²) >= 11 is 1.03. The van der Waals surface area contributed by atoms with Crippen molar-refractivity contribution in [3.8, 4) is 0 Å². The lowest BCUT2D eigenvalue weighted by Gasteiger charge is -2.32. The van der Waals surface area contributed by atoms with Gasteiger partial charge in [0.05, 0.1) is 0 Å². The van der Waals surface area contributed by atoms with Gasteiger partial charge in [0, 0.05) is 7.11 Å². The number of carboxylic acids is 1. The Kier molecular flexibility index (Phi) is 4.23. The second-order valence-corrected chi connectivity index (χ2v) is 5.25. The highest BCUT2D eigenvalue weighted by molar-refractivity contribution is 7.99. The zero-order chi connectivity index (χ0) is 13.0. The summed E-state index contributed by atoms with van der Waals surface area (Å²) in [7, 11) is 1.66. The molecule has 1 aliphatic carbocycles. The summed E-state index contributed by atoms with van der Waals surface area (Å²) in [6.07, 6.45) is 5.13. The number of nitrogens with zero attached hydrogens (tertiary/aromatic N) is 2. The van der Waals surface area contributed by atoms with Crippen molar-refractivity contribution in [2.45, 2.75) is 42.9 Å². The van der Waals surface area contributed by atoms with Crippen molar-refractivity contribution in [1.29, 1.82) is 0 Å². The van der Waals surface area contributed by atoms with E-state index < -0.39 is 11.6 Å². The molecule has 1 saturated carbocycles. The van der Waals surface area contributed by atoms with E-state index in [1.54, 1.807) is 7.11 Å². The van der Waals surface area contributed by atoms with E-state index in [1.165, 1.54) is 6.42 Å². The summed E-state index contributed by atoms with van der Waals surface area (Å²) in [6.45, 7) is 0. The number of aliphatic carboxylic acids is 1. The highest BCUT2D eigenvalue weighted by Gasteiger charge is 2.38. The molecule has 7 heteroatoms. The highest BCUT2D eigenvalue weighted by Crippen LogP contribution is 2.38. The summed E-state index contributed by atoms with van der Waals surface area (Å²) in [5.41, 5.74) is -0.455. The Hall–Kier alpha value is -1.08. The number of methoxy groups -OCH3 is 1. The van der Waals surface area contributed by atoms with Gasteiger partial charge < -0.3 is 14.4 Å². The summed E-state index contributed by atoms with van der Waals surface area (Å²) in [4.78, 5) is 14.7. The number of carboxylic acid groups (broad SMARTS) is 1. The highest BCUT2D eigenvalue weighted by atomic mass is 32.2. The number of hydrogen-bond acceptors (Lipinski definition) is 6. The second kappa shape index (κ2) is 5.71. The van der Waals surface area contributed by atoms with Gasteiger partial charge in [-0.05, 0) is 12.8 Å². The van der Waals surface area contributed by atoms with Gasteiger partial charge in [0.25, 0.3) is 5.22 Å². The van der Waals surface area contributed by atoms with Gasteiger partial charge in [0.15, 0.2) is 0 Å². The van der Waals surface area contributed by atoms with Crippen molar-refractivity contribution < 1.29 is 19.2 Å². The average molecular weight is 272 g/mol. The maximum absolute atomic E-state index is 10.5. The van der Waals surface area contributed by atoms with Crippen LogP contribution in [-0.2, 0) is 15.1 Å². The topological polar surface area (TPSA) is 85.5 Å². The van der Waals surface area contributed by atoms with Gasteiger partial charge in [-0.3, -0.25) is 4.79 Å². The normalized spacial score (nSPS) is 18.7. The van der Waals surface area contributed by atoms with Gasteiger partial charge in [0.1, 0.15) is 11.4 Å². The number of hydrogen-bond donors (Lipinski definition) is 1. The van der Waals surface area contributed by atoms with E-state index in [0.717, 1.165) is 37.4 Å². The van der Waals surface area contributed by atoms with E-state index in [-0.39, 0.29) is 11.0 Å². The summed E-state index contributed by atoms with van der Waals surface area (Å²) < 4.78 is 10.6. The molecule has 18 heavy (non-hydrogen) atoms. The third-order valence-electron chi connectivity index (χ3n) is 3.19. The lowest BCUT2D eigenvalue weighted by Crippen LogP contribution is -2.32. The Morgan fingerprint density at radius 3 is 2.83 bits per heavy atom. The van der Waals surface area contributed by atoms with E-state index in [2.05, 4.69) is 10.1 Å². The zero-order valence-electron chi connectivity index (χ0n) is 10.2. The van der Waals surface area contributed by atoms with Crippen LogP contribution in [0.4, 0.5) is 0 Å². The summed E-state index contributed by atoms with van der Waals surface area (Å²) in [6, 6.07) is 0. The SMILES string of the molecule is COC1(c2noc(SCC(=O)O)n2)CCCCC1. The van der Waals surface area contributed by atoms with Crippen molar-refractivity contribution in [2.75, 3.05) is 12.9 Å². The molecule has 1 aromatic heterocycles. The first kappa shape index (κ1) is 13.4. The number of carbonyl (C=O) groups is 1. The van der Waals surface area contributed by atoms with E-state index >= 15 is 0 Å². The van der Waals surface area contributed by atoms with Crippen molar-refractivity contribution in [1.82, 2.24) is 10.1 Å². The Morgan fingerprint density at radius 2 is 2.22 bits per heavy atom. The Labute approximate surface area is 109 Å². The molecule has 100 valence electrons. The first-order chi connectivity index (χ1) is 8.66. The van der Waals surface area contributed by atoms with Crippen LogP contribution in [0.15, 0.2) is 9.75 Å². The van der Waals surface area contributed by atoms with Gasteiger partial charge in [-0.15, -0.1) is 0 Å². The molecule has 2 rings (SSSR count). The predicted octanol–water partition coefficient (Wildman–Crippen LogP) is 2.05. The fourth-order valence-corrected chi connectivity index (χ4v) is 2.71. The van der Waals surface area contributed by atoms with Crippen LogP contribution >= 0.6 is 11.8 Å². The van der Waals surface area contributed by atoms with Crippen molar-refractivity contribution in [3.05, 3.63) is 5.82 Å². The second-order valence-electron chi connectivity index (χ2n) is 4.33. The molecule has 1 fully saturated rings. The monoisotopic (exact) mass is 272 g/mol. The number of thioether (sulfide) groups is 1. The van der Waals surface area contributed by atoms with Crippen molar-refractivity contribution in [3.63, 3.8) is 0 Å². The first-order valence-electron chi connectivity index (χ1n) is 5.90. The summed E-state index contributed by atoms with van der Waals surface area (Å²) in [5, 5.41) is 12.8. The van der Waals surface area contributed by atoms with E-state index in [1.807, 2.05) is 0 Å². The van der Waals surface area contributed by atoms with Crippen molar-refractivity contribution in [2.24, 2.45) is 0 Å². The Morgan fingerprint density at radius 1 is 1.50 bits per heavy atom. The van der Waals surface area contributed by atoms with Gasteiger partial charge in [-0.25, -0.2) is 0 Å². The van der Waals surface area contributed by atoms with Crippen LogP contribution in [0.3, 0.4) is 0 Å². The van der Waals surface area contributed by atoms with Crippen LogP contribution in [0.25, 0.3) is 0 Å². The summed E-state index contributed by atoms with van der Waals surface area (Å²) in [5.74, 6) is -0.446. The minimum Gasteiger partial charge on any atom is -0.481 e. The standard InChI is InChI=1S/C11H16N2O4S/c1-16-11(5-3-2-4-6-11)9-12-10(17-13-9)18-7-8(14)15/h2-7H2,1H3,(H,14,15). The van der Waals surface area contributed by atoms with Crippen LogP contribution in [0.2, 0.25) is 0 Å². The Bertz CT molecular complexity index is 415. The van der Waals surface area contributed by atoms with Crippen LogP contribution in [-0.4, -0.2) is 34.1 Å². The third-order valence-corrected chi connectivity index (χ3v) is 3.99. The van der Waals surface area contributed by atoms with Gasteiger partial charge >= 0.3 is 5.97 Å². The largest absolute Gasteiger partial charge is 0.481 e. The fourth-order valence-electron chi connectivity index (χ4n) is 2.22. The molecular weight excluding hydrogens is 256 g/mol. The number of rotatable bonds is 5. The molecule has 1 aliphatic rings. The lowest BCUT2D eigenvalue weighted by molar-refractivity contribution is -0.133. The Balaban J connectivity index is 2.09. The van der Waals surface area contributed by atoms with Crippen molar-refractivity contribution >= 4 is 17.7 Å².